The molecule has 0 saturated carbocycles. The van der Waals surface area contributed by atoms with Gasteiger partial charge in [-0.15, -0.1) is 11.3 Å². The van der Waals surface area contributed by atoms with Crippen LogP contribution in [0.4, 0.5) is 0 Å². The van der Waals surface area contributed by atoms with Gasteiger partial charge < -0.3 is 0 Å². The smallest absolute Gasteiger partial charge is 0.269 e. The number of aryl methyl sites for hydroxylation is 5. The van der Waals surface area contributed by atoms with Crippen molar-refractivity contribution in [3.63, 3.8) is 0 Å². The Balaban J connectivity index is 1.35. The maximum absolute atomic E-state index is 12.6. The van der Waals surface area contributed by atoms with Crippen LogP contribution < -0.4 is 16.4 Å². The lowest BCUT2D eigenvalue weighted by Crippen LogP contribution is -2.42. The zero-order chi connectivity index (χ0) is 20.5. The molecule has 1 aromatic carbocycles. The number of thiophene rings is 1. The number of hydrogen-bond acceptors (Lipinski definition) is 5. The van der Waals surface area contributed by atoms with E-state index in [0.29, 0.717) is 15.8 Å². The van der Waals surface area contributed by atoms with E-state index in [1.54, 1.807) is 6.07 Å². The number of hydrazine groups is 1. The van der Waals surface area contributed by atoms with Crippen molar-refractivity contribution in [2.24, 2.45) is 0 Å². The first-order valence-electron chi connectivity index (χ1n) is 9.60. The molecule has 0 atom stereocenters. The van der Waals surface area contributed by atoms with Crippen molar-refractivity contribution in [2.45, 2.75) is 46.1 Å². The van der Waals surface area contributed by atoms with Crippen LogP contribution in [0, 0.1) is 13.8 Å². The highest BCUT2D eigenvalue weighted by Gasteiger charge is 2.15. The predicted octanol–water partition coefficient (Wildman–Crippen LogP) is 2.41. The first-order chi connectivity index (χ1) is 13.9. The molecule has 150 valence electrons. The molecule has 3 aromatic rings. The minimum absolute atomic E-state index is 0.0553. The number of carbonyl (C=O) groups is 2. The second-order valence-corrected chi connectivity index (χ2v) is 8.50. The number of nitrogens with zero attached hydrogens (tertiary/aromatic N) is 2. The molecule has 7 nitrogen and oxygen atoms in total. The zero-order valence-electron chi connectivity index (χ0n) is 16.4. The average molecular weight is 410 g/mol. The minimum Gasteiger partial charge on any atom is -0.298 e. The molecule has 0 saturated heterocycles. The first-order valence-corrected chi connectivity index (χ1v) is 10.4. The Labute approximate surface area is 171 Å². The van der Waals surface area contributed by atoms with Crippen molar-refractivity contribution in [1.82, 2.24) is 20.4 Å². The molecule has 0 aliphatic heterocycles. The molecule has 1 aliphatic carbocycles. The van der Waals surface area contributed by atoms with Crippen LogP contribution in [-0.4, -0.2) is 21.4 Å². The predicted molar refractivity (Wildman–Crippen MR) is 112 cm³/mol. The Kier molecular flexibility index (Phi) is 5.19. The number of aromatic nitrogens is 2. The Morgan fingerprint density at radius 1 is 1.17 bits per heavy atom. The van der Waals surface area contributed by atoms with Gasteiger partial charge in [-0.25, -0.2) is 4.98 Å². The fraction of sp³-hybridized carbons (Fsp3) is 0.333. The second kappa shape index (κ2) is 7.79. The summed E-state index contributed by atoms with van der Waals surface area (Å²) in [7, 11) is 0. The van der Waals surface area contributed by atoms with Crippen LogP contribution in [0.15, 0.2) is 29.3 Å². The monoisotopic (exact) mass is 410 g/mol. The third-order valence-corrected chi connectivity index (χ3v) is 6.53. The van der Waals surface area contributed by atoms with Gasteiger partial charge in [0.2, 0.25) is 5.91 Å². The van der Waals surface area contributed by atoms with E-state index in [-0.39, 0.29) is 30.3 Å². The maximum Gasteiger partial charge on any atom is 0.269 e. The van der Waals surface area contributed by atoms with Crippen LogP contribution in [-0.2, 0) is 24.2 Å². The largest absolute Gasteiger partial charge is 0.298 e. The number of benzene rings is 1. The molecule has 2 heterocycles. The van der Waals surface area contributed by atoms with E-state index >= 15 is 0 Å². The Morgan fingerprint density at radius 3 is 2.79 bits per heavy atom. The van der Waals surface area contributed by atoms with Gasteiger partial charge in [0.25, 0.3) is 11.5 Å². The molecule has 2 N–H and O–H groups in total. The molecule has 8 heteroatoms. The third-order valence-electron chi connectivity index (χ3n) is 5.41. The molecule has 4 rings (SSSR count). The van der Waals surface area contributed by atoms with E-state index in [2.05, 4.69) is 15.8 Å². The normalized spacial score (nSPS) is 12.8. The van der Waals surface area contributed by atoms with Gasteiger partial charge in [0.15, 0.2) is 0 Å². The van der Waals surface area contributed by atoms with Gasteiger partial charge in [0.1, 0.15) is 4.83 Å². The van der Waals surface area contributed by atoms with Crippen molar-refractivity contribution >= 4 is 33.4 Å². The van der Waals surface area contributed by atoms with Gasteiger partial charge in [-0.05, 0) is 61.9 Å². The van der Waals surface area contributed by atoms with Crippen LogP contribution in [0.5, 0.6) is 0 Å². The quantitative estimate of drug-likeness (QED) is 0.646. The summed E-state index contributed by atoms with van der Waals surface area (Å²) in [5, 5.41) is 0.611. The first kappa shape index (κ1) is 19.3. The maximum atomic E-state index is 12.6. The number of hydrogen-bond donors (Lipinski definition) is 2. The van der Waals surface area contributed by atoms with E-state index in [9.17, 15) is 14.4 Å². The van der Waals surface area contributed by atoms with Gasteiger partial charge in [0, 0.05) is 23.4 Å². The molecule has 29 heavy (non-hydrogen) atoms. The number of nitrogens with one attached hydrogen (secondary N) is 2. The fourth-order valence-corrected chi connectivity index (χ4v) is 4.61. The van der Waals surface area contributed by atoms with Crippen LogP contribution in [0.2, 0.25) is 0 Å². The highest BCUT2D eigenvalue weighted by atomic mass is 32.1. The second-order valence-electron chi connectivity index (χ2n) is 7.30. The van der Waals surface area contributed by atoms with Crippen molar-refractivity contribution in [1.29, 1.82) is 0 Å². The summed E-state index contributed by atoms with van der Waals surface area (Å²) in [6, 6.07) is 5.63. The van der Waals surface area contributed by atoms with Gasteiger partial charge in [0.05, 0.1) is 11.7 Å². The summed E-state index contributed by atoms with van der Waals surface area (Å²) in [5.41, 5.74) is 8.67. The summed E-state index contributed by atoms with van der Waals surface area (Å²) >= 11 is 1.49. The van der Waals surface area contributed by atoms with E-state index in [1.165, 1.54) is 33.4 Å². The highest BCUT2D eigenvalue weighted by Crippen LogP contribution is 2.25. The van der Waals surface area contributed by atoms with E-state index in [4.69, 9.17) is 0 Å². The van der Waals surface area contributed by atoms with E-state index in [0.717, 1.165) is 29.7 Å². The fourth-order valence-electron chi connectivity index (χ4n) is 3.63. The number of rotatable bonds is 4. The number of carbonyl (C=O) groups excluding carboxylic acids is 2. The topological polar surface area (TPSA) is 93.1 Å². The number of fused-ring (bicyclic) bond motifs is 2. The van der Waals surface area contributed by atoms with Crippen LogP contribution in [0.25, 0.3) is 10.2 Å². The number of amides is 2. The highest BCUT2D eigenvalue weighted by molar-refractivity contribution is 7.18. The zero-order valence-corrected chi connectivity index (χ0v) is 17.2. The molecule has 0 bridgehead atoms. The van der Waals surface area contributed by atoms with Gasteiger partial charge in [-0.3, -0.25) is 29.8 Å². The minimum atomic E-state index is -0.371. The molecule has 2 amide bonds. The Hall–Kier alpha value is -3.00. The summed E-state index contributed by atoms with van der Waals surface area (Å²) in [6.45, 7) is 4.06. The van der Waals surface area contributed by atoms with Crippen LogP contribution in [0.1, 0.15) is 44.8 Å². The van der Waals surface area contributed by atoms with Crippen molar-refractivity contribution in [3.8, 4) is 0 Å². The van der Waals surface area contributed by atoms with Gasteiger partial charge in [-0.2, -0.15) is 0 Å². The molecule has 0 radical (unpaired) electrons. The van der Waals surface area contributed by atoms with Gasteiger partial charge in [-0.1, -0.05) is 6.07 Å². The van der Waals surface area contributed by atoms with Crippen molar-refractivity contribution in [3.05, 3.63) is 62.0 Å². The molecule has 1 aliphatic rings. The van der Waals surface area contributed by atoms with E-state index in [1.807, 2.05) is 26.0 Å². The summed E-state index contributed by atoms with van der Waals surface area (Å²) in [5.74, 6) is -0.720. The lowest BCUT2D eigenvalue weighted by Gasteiger charge is -2.09. The van der Waals surface area contributed by atoms with E-state index < -0.39 is 0 Å². The molecular formula is C21H22N4O3S. The SMILES string of the molecule is Cc1sc2ncn(CCC(=O)NNC(=O)c3ccc4c(c3)CCC4)c(=O)c2c1C. The van der Waals surface area contributed by atoms with Crippen molar-refractivity contribution in [2.75, 3.05) is 0 Å². The molecule has 2 aromatic heterocycles. The summed E-state index contributed by atoms with van der Waals surface area (Å²) in [4.78, 5) is 43.2. The third kappa shape index (κ3) is 3.80. The van der Waals surface area contributed by atoms with Crippen molar-refractivity contribution < 1.29 is 9.59 Å². The summed E-state index contributed by atoms with van der Waals surface area (Å²) in [6.07, 6.45) is 4.68. The van der Waals surface area contributed by atoms with Gasteiger partial charge >= 0.3 is 0 Å². The summed E-state index contributed by atoms with van der Waals surface area (Å²) < 4.78 is 1.43. The molecule has 0 unspecified atom stereocenters. The lowest BCUT2D eigenvalue weighted by atomic mass is 10.1. The molecule has 0 fully saturated rings. The molecule has 0 spiro atoms. The lowest BCUT2D eigenvalue weighted by molar-refractivity contribution is -0.122. The average Bonchev–Trinajstić information content (AvgIpc) is 3.29. The van der Waals surface area contributed by atoms with Crippen LogP contribution >= 0.6 is 11.3 Å². The Bertz CT molecular complexity index is 1180. The standard InChI is InChI=1S/C21H22N4O3S/c1-12-13(2)29-20-18(12)21(28)25(11-22-20)9-8-17(26)23-24-19(27)16-7-6-14-4-3-5-15(14)10-16/h6-7,10-11H,3-5,8-9H2,1-2H3,(H,23,26)(H,24,27). The van der Waals surface area contributed by atoms with Crippen LogP contribution in [0.3, 0.4) is 0 Å². The molecular weight excluding hydrogens is 388 g/mol. The Morgan fingerprint density at radius 2 is 1.97 bits per heavy atom.